The Kier molecular flexibility index (Phi) is 5.74. The van der Waals surface area contributed by atoms with Crippen LogP contribution >= 0.6 is 23.4 Å². The molecule has 146 valence electrons. The molecule has 0 amide bonds. The first-order valence-corrected chi connectivity index (χ1v) is 10.9. The van der Waals surface area contributed by atoms with E-state index in [-0.39, 0.29) is 5.56 Å². The Morgan fingerprint density at radius 1 is 0.966 bits per heavy atom. The van der Waals surface area contributed by atoms with Crippen LogP contribution in [0.3, 0.4) is 0 Å². The van der Waals surface area contributed by atoms with Crippen molar-refractivity contribution in [2.75, 3.05) is 0 Å². The molecule has 0 radical (unpaired) electrons. The maximum atomic E-state index is 13.5. The number of nitrogens with zero attached hydrogens (tertiary/aromatic N) is 2. The smallest absolute Gasteiger partial charge is 0.266 e. The van der Waals surface area contributed by atoms with Crippen molar-refractivity contribution in [1.82, 2.24) is 9.55 Å². The quantitative estimate of drug-likeness (QED) is 0.274. The summed E-state index contributed by atoms with van der Waals surface area (Å²) >= 11 is 7.56. The lowest BCUT2D eigenvalue weighted by molar-refractivity contribution is 0.780. The van der Waals surface area contributed by atoms with Gasteiger partial charge in [-0.25, -0.2) is 4.98 Å². The molecule has 1 aromatic heterocycles. The zero-order valence-electron chi connectivity index (χ0n) is 16.3. The molecule has 0 aliphatic rings. The number of para-hydroxylation sites is 2. The van der Waals surface area contributed by atoms with Crippen molar-refractivity contribution in [2.45, 2.75) is 30.7 Å². The molecule has 5 heteroatoms. The highest BCUT2D eigenvalue weighted by Crippen LogP contribution is 2.28. The molecule has 4 aromatic rings. The summed E-state index contributed by atoms with van der Waals surface area (Å²) < 4.78 is 1.76. The van der Waals surface area contributed by atoms with Gasteiger partial charge in [0.2, 0.25) is 0 Å². The van der Waals surface area contributed by atoms with Crippen molar-refractivity contribution >= 4 is 34.3 Å². The molecule has 1 heterocycles. The van der Waals surface area contributed by atoms with Gasteiger partial charge in [-0.15, -0.1) is 0 Å². The normalized spacial score (nSPS) is 11.3. The zero-order chi connectivity index (χ0) is 20.4. The van der Waals surface area contributed by atoms with Crippen LogP contribution in [0.15, 0.2) is 82.7 Å². The van der Waals surface area contributed by atoms with Gasteiger partial charge in [-0.05, 0) is 47.4 Å². The molecule has 0 bridgehead atoms. The van der Waals surface area contributed by atoms with E-state index in [1.807, 2.05) is 66.7 Å². The number of aromatic nitrogens is 2. The number of fused-ring (bicyclic) bond motifs is 1. The van der Waals surface area contributed by atoms with E-state index in [4.69, 9.17) is 16.6 Å². The van der Waals surface area contributed by atoms with E-state index in [1.54, 1.807) is 16.3 Å². The molecule has 3 nitrogen and oxygen atoms in total. The molecular weight excluding hydrogens is 400 g/mol. The summed E-state index contributed by atoms with van der Waals surface area (Å²) in [5.74, 6) is 0.991. The monoisotopic (exact) mass is 420 g/mol. The van der Waals surface area contributed by atoms with Gasteiger partial charge in [-0.3, -0.25) is 9.36 Å². The number of hydrogen-bond donors (Lipinski definition) is 0. The Balaban J connectivity index is 1.87. The van der Waals surface area contributed by atoms with Crippen molar-refractivity contribution in [1.29, 1.82) is 0 Å². The molecule has 3 aromatic carbocycles. The number of benzene rings is 3. The van der Waals surface area contributed by atoms with Crippen LogP contribution in [0.5, 0.6) is 0 Å². The van der Waals surface area contributed by atoms with Crippen LogP contribution in [0.4, 0.5) is 0 Å². The van der Waals surface area contributed by atoms with Gasteiger partial charge in [0.25, 0.3) is 5.56 Å². The Labute approximate surface area is 179 Å². The molecule has 29 heavy (non-hydrogen) atoms. The fourth-order valence-corrected chi connectivity index (χ4v) is 4.42. The lowest BCUT2D eigenvalue weighted by Gasteiger charge is -2.18. The average Bonchev–Trinajstić information content (AvgIpc) is 2.73. The van der Waals surface area contributed by atoms with Crippen LogP contribution in [0, 0.1) is 0 Å². The molecule has 0 spiro atoms. The molecule has 0 saturated heterocycles. The van der Waals surface area contributed by atoms with Gasteiger partial charge in [0.15, 0.2) is 5.16 Å². The fraction of sp³-hybridized carbons (Fsp3) is 0.167. The van der Waals surface area contributed by atoms with E-state index in [0.29, 0.717) is 27.2 Å². The molecule has 4 rings (SSSR count). The number of rotatable bonds is 5. The van der Waals surface area contributed by atoms with E-state index >= 15 is 0 Å². The zero-order valence-corrected chi connectivity index (χ0v) is 17.9. The van der Waals surface area contributed by atoms with Crippen molar-refractivity contribution in [3.8, 4) is 5.69 Å². The van der Waals surface area contributed by atoms with Crippen molar-refractivity contribution in [2.24, 2.45) is 0 Å². The largest absolute Gasteiger partial charge is 0.268 e. The van der Waals surface area contributed by atoms with Gasteiger partial charge in [0, 0.05) is 10.8 Å². The summed E-state index contributed by atoms with van der Waals surface area (Å²) in [6, 6.07) is 23.3. The highest BCUT2D eigenvalue weighted by Gasteiger charge is 2.17. The van der Waals surface area contributed by atoms with Gasteiger partial charge in [0.1, 0.15) is 0 Å². The van der Waals surface area contributed by atoms with Crippen molar-refractivity contribution in [3.05, 3.63) is 99.3 Å². The molecule has 0 saturated carbocycles. The summed E-state index contributed by atoms with van der Waals surface area (Å²) in [5, 5.41) is 2.03. The SMILES string of the molecule is CC(C)c1ccccc1-n1c(SCc2ccc(Cl)cc2)nc2ccccc2c1=O. The lowest BCUT2D eigenvalue weighted by Crippen LogP contribution is -2.23. The highest BCUT2D eigenvalue weighted by atomic mass is 35.5. The van der Waals surface area contributed by atoms with Gasteiger partial charge < -0.3 is 0 Å². The predicted molar refractivity (Wildman–Crippen MR) is 122 cm³/mol. The third-order valence-corrected chi connectivity index (χ3v) is 6.09. The van der Waals surface area contributed by atoms with Crippen LogP contribution in [-0.4, -0.2) is 9.55 Å². The van der Waals surface area contributed by atoms with Crippen LogP contribution in [-0.2, 0) is 5.75 Å². The Bertz CT molecular complexity index is 1220. The average molecular weight is 421 g/mol. The minimum atomic E-state index is -0.0395. The van der Waals surface area contributed by atoms with Gasteiger partial charge in [-0.1, -0.05) is 79.7 Å². The summed E-state index contributed by atoms with van der Waals surface area (Å²) in [4.78, 5) is 18.3. The number of thioether (sulfide) groups is 1. The third-order valence-electron chi connectivity index (χ3n) is 4.83. The molecule has 0 aliphatic carbocycles. The predicted octanol–water partition coefficient (Wildman–Crippen LogP) is 6.45. The second kappa shape index (κ2) is 8.44. The third kappa shape index (κ3) is 4.09. The van der Waals surface area contributed by atoms with Gasteiger partial charge >= 0.3 is 0 Å². The van der Waals surface area contributed by atoms with Crippen LogP contribution in [0.1, 0.15) is 30.9 Å². The molecule has 0 unspecified atom stereocenters. The molecule has 0 fully saturated rings. The minimum Gasteiger partial charge on any atom is -0.268 e. The van der Waals surface area contributed by atoms with Gasteiger partial charge in [0.05, 0.1) is 16.6 Å². The maximum absolute atomic E-state index is 13.5. The number of hydrogen-bond acceptors (Lipinski definition) is 3. The first-order chi connectivity index (χ1) is 14.0. The van der Waals surface area contributed by atoms with E-state index in [0.717, 1.165) is 22.3 Å². The Morgan fingerprint density at radius 2 is 1.66 bits per heavy atom. The Morgan fingerprint density at radius 3 is 2.41 bits per heavy atom. The summed E-state index contributed by atoms with van der Waals surface area (Å²) in [6.07, 6.45) is 0. The molecular formula is C24H21ClN2OS. The van der Waals surface area contributed by atoms with Crippen LogP contribution in [0.25, 0.3) is 16.6 Å². The first kappa shape index (κ1) is 19.7. The summed E-state index contributed by atoms with van der Waals surface area (Å²) in [7, 11) is 0. The van der Waals surface area contributed by atoms with E-state index < -0.39 is 0 Å². The standard InChI is InChI=1S/C24H21ClN2OS/c1-16(2)19-7-4-6-10-22(19)27-23(28)20-8-3-5-9-21(20)26-24(27)29-15-17-11-13-18(25)14-12-17/h3-14,16H,15H2,1-2H3. The topological polar surface area (TPSA) is 34.9 Å². The van der Waals surface area contributed by atoms with E-state index in [2.05, 4.69) is 19.9 Å². The highest BCUT2D eigenvalue weighted by molar-refractivity contribution is 7.98. The maximum Gasteiger partial charge on any atom is 0.266 e. The molecule has 0 atom stereocenters. The second-order valence-electron chi connectivity index (χ2n) is 7.18. The first-order valence-electron chi connectivity index (χ1n) is 9.53. The van der Waals surface area contributed by atoms with Crippen molar-refractivity contribution < 1.29 is 0 Å². The van der Waals surface area contributed by atoms with E-state index in [1.165, 1.54) is 0 Å². The number of halogens is 1. The Hall–Kier alpha value is -2.56. The summed E-state index contributed by atoms with van der Waals surface area (Å²) in [5.41, 5.74) is 3.83. The van der Waals surface area contributed by atoms with Crippen LogP contribution in [0.2, 0.25) is 5.02 Å². The van der Waals surface area contributed by atoms with Crippen LogP contribution < -0.4 is 5.56 Å². The fourth-order valence-electron chi connectivity index (χ4n) is 3.33. The lowest BCUT2D eigenvalue weighted by atomic mass is 10.0. The van der Waals surface area contributed by atoms with Crippen molar-refractivity contribution in [3.63, 3.8) is 0 Å². The minimum absolute atomic E-state index is 0.0395. The van der Waals surface area contributed by atoms with Gasteiger partial charge in [-0.2, -0.15) is 0 Å². The summed E-state index contributed by atoms with van der Waals surface area (Å²) in [6.45, 7) is 4.28. The second-order valence-corrected chi connectivity index (χ2v) is 8.56. The van der Waals surface area contributed by atoms with E-state index in [9.17, 15) is 4.79 Å². The molecule has 0 aliphatic heterocycles. The molecule has 0 N–H and O–H groups in total.